The zero-order valence-corrected chi connectivity index (χ0v) is 20.3. The molecule has 0 fully saturated rings. The van der Waals surface area contributed by atoms with Gasteiger partial charge in [0.2, 0.25) is 5.89 Å². The predicted molar refractivity (Wildman–Crippen MR) is 120 cm³/mol. The smallest absolute Gasteiger partial charge is 0.408 e. The highest BCUT2D eigenvalue weighted by molar-refractivity contribution is 7.98. The average molecular weight is 498 g/mol. The number of aromatic nitrogens is 4. The second-order valence-electron chi connectivity index (χ2n) is 9.05. The van der Waals surface area contributed by atoms with E-state index in [1.54, 1.807) is 65.0 Å². The molecule has 1 N–H and O–H groups in total. The number of carbonyl (C=O) groups is 1. The average Bonchev–Trinajstić information content (AvgIpc) is 3.31. The first-order valence-electron chi connectivity index (χ1n) is 10.4. The third-order valence-corrected chi connectivity index (χ3v) is 5.37. The van der Waals surface area contributed by atoms with Gasteiger partial charge in [0.15, 0.2) is 11.0 Å². The van der Waals surface area contributed by atoms with Crippen LogP contribution in [0.1, 0.15) is 46.3 Å². The van der Waals surface area contributed by atoms with E-state index in [0.717, 1.165) is 16.3 Å². The van der Waals surface area contributed by atoms with Gasteiger partial charge < -0.3 is 19.1 Å². The summed E-state index contributed by atoms with van der Waals surface area (Å²) < 4.78 is 51.4. The molecule has 8 nitrogen and oxygen atoms in total. The highest BCUT2D eigenvalue weighted by Gasteiger charge is 2.32. The molecule has 0 bridgehead atoms. The lowest BCUT2D eigenvalue weighted by molar-refractivity contribution is -0.141. The Bertz CT molecular complexity index is 1120. The Kier molecular flexibility index (Phi) is 7.29. The lowest BCUT2D eigenvalue weighted by atomic mass is 10.1. The molecule has 0 unspecified atom stereocenters. The van der Waals surface area contributed by atoms with Gasteiger partial charge in [-0.3, -0.25) is 0 Å². The number of alkyl carbamates (subject to hydrolysis) is 1. The second kappa shape index (κ2) is 9.69. The molecule has 1 amide bonds. The molecule has 0 spiro atoms. The van der Waals surface area contributed by atoms with Crippen LogP contribution >= 0.6 is 11.8 Å². The zero-order valence-electron chi connectivity index (χ0n) is 19.4. The molecule has 34 heavy (non-hydrogen) atoms. The van der Waals surface area contributed by atoms with E-state index in [0.29, 0.717) is 11.3 Å². The van der Waals surface area contributed by atoms with Gasteiger partial charge in [-0.25, -0.2) is 9.78 Å². The van der Waals surface area contributed by atoms with E-state index in [1.807, 2.05) is 0 Å². The van der Waals surface area contributed by atoms with E-state index in [1.165, 1.54) is 6.20 Å². The number of nitrogens with one attached hydrogen (secondary N) is 1. The number of ether oxygens (including phenoxy) is 1. The van der Waals surface area contributed by atoms with Crippen molar-refractivity contribution in [3.05, 3.63) is 48.2 Å². The van der Waals surface area contributed by atoms with E-state index in [4.69, 9.17) is 9.26 Å². The van der Waals surface area contributed by atoms with Crippen molar-refractivity contribution < 1.29 is 27.2 Å². The topological polar surface area (TPSA) is 95.1 Å². The van der Waals surface area contributed by atoms with Gasteiger partial charge in [-0.2, -0.15) is 18.2 Å². The summed E-state index contributed by atoms with van der Waals surface area (Å²) in [4.78, 5) is 20.6. The summed E-state index contributed by atoms with van der Waals surface area (Å²) in [6.07, 6.45) is -3.65. The number of carbonyl (C=O) groups excluding carboxylic acids is 1. The first-order chi connectivity index (χ1) is 15.7. The molecule has 3 aromatic rings. The second-order valence-corrected chi connectivity index (χ2v) is 9.99. The van der Waals surface area contributed by atoms with Crippen LogP contribution < -0.4 is 5.32 Å². The minimum absolute atomic E-state index is 0.0959. The number of alkyl halides is 3. The van der Waals surface area contributed by atoms with Crippen molar-refractivity contribution in [2.24, 2.45) is 0 Å². The molecule has 3 rings (SSSR count). The van der Waals surface area contributed by atoms with E-state index < -0.39 is 30.0 Å². The van der Waals surface area contributed by atoms with Crippen LogP contribution in [-0.2, 0) is 22.6 Å². The lowest BCUT2D eigenvalue weighted by Gasteiger charge is -2.26. The fourth-order valence-corrected chi connectivity index (χ4v) is 3.77. The van der Waals surface area contributed by atoms with Gasteiger partial charge in [0, 0.05) is 0 Å². The van der Waals surface area contributed by atoms with Crippen LogP contribution in [-0.4, -0.2) is 37.6 Å². The summed E-state index contributed by atoms with van der Waals surface area (Å²) in [6.45, 7) is 7.42. The number of halogens is 3. The summed E-state index contributed by atoms with van der Waals surface area (Å²) in [5, 5.41) is 6.75. The van der Waals surface area contributed by atoms with E-state index >= 15 is 0 Å². The van der Waals surface area contributed by atoms with Crippen LogP contribution in [0.5, 0.6) is 0 Å². The Labute approximate surface area is 199 Å². The van der Waals surface area contributed by atoms with Gasteiger partial charge in [0.1, 0.15) is 17.7 Å². The summed E-state index contributed by atoms with van der Waals surface area (Å²) in [6, 6.07) is 8.74. The molecule has 0 aliphatic carbocycles. The van der Waals surface area contributed by atoms with Crippen molar-refractivity contribution in [2.45, 2.75) is 69.4 Å². The van der Waals surface area contributed by atoms with Gasteiger partial charge in [0.25, 0.3) is 0 Å². The van der Waals surface area contributed by atoms with Crippen molar-refractivity contribution in [1.82, 2.24) is 25.0 Å². The highest BCUT2D eigenvalue weighted by atomic mass is 32.2. The predicted octanol–water partition coefficient (Wildman–Crippen LogP) is 5.55. The minimum Gasteiger partial charge on any atom is -0.444 e. The van der Waals surface area contributed by atoms with Crippen LogP contribution in [0.15, 0.2) is 46.2 Å². The lowest BCUT2D eigenvalue weighted by Crippen LogP contribution is -2.44. The molecule has 2 aromatic heterocycles. The van der Waals surface area contributed by atoms with E-state index in [9.17, 15) is 18.0 Å². The molecular formula is C22H26F3N5O3S. The van der Waals surface area contributed by atoms with Crippen molar-refractivity contribution in [1.29, 1.82) is 0 Å². The molecule has 0 aliphatic heterocycles. The van der Waals surface area contributed by atoms with Crippen molar-refractivity contribution in [3.63, 3.8) is 0 Å². The molecule has 0 saturated heterocycles. The molecule has 2 heterocycles. The monoisotopic (exact) mass is 497 g/mol. The van der Waals surface area contributed by atoms with Gasteiger partial charge in [-0.1, -0.05) is 47.3 Å². The number of benzene rings is 1. The summed E-state index contributed by atoms with van der Waals surface area (Å²) in [5.41, 5.74) is -0.685. The fraction of sp³-hybridized carbons (Fsp3) is 0.455. The highest BCUT2D eigenvalue weighted by Crippen LogP contribution is 2.31. The number of amides is 1. The maximum atomic E-state index is 13.3. The quantitative estimate of drug-likeness (QED) is 0.428. The first kappa shape index (κ1) is 25.6. The van der Waals surface area contributed by atoms with Gasteiger partial charge >= 0.3 is 12.3 Å². The number of rotatable bonds is 7. The van der Waals surface area contributed by atoms with E-state index in [-0.39, 0.29) is 22.6 Å². The molecule has 0 radical (unpaired) electrons. The van der Waals surface area contributed by atoms with Gasteiger partial charge in [-0.05, 0) is 40.2 Å². The Morgan fingerprint density at radius 2 is 1.82 bits per heavy atom. The molecule has 12 heteroatoms. The Morgan fingerprint density at radius 1 is 1.15 bits per heavy atom. The van der Waals surface area contributed by atoms with Crippen LogP contribution in [0.4, 0.5) is 18.0 Å². The molecule has 0 atom stereocenters. The van der Waals surface area contributed by atoms with Crippen molar-refractivity contribution in [3.8, 4) is 11.3 Å². The Balaban J connectivity index is 1.74. The maximum absolute atomic E-state index is 13.3. The number of hydrogen-bond donors (Lipinski definition) is 1. The molecule has 0 aliphatic rings. The number of thioether (sulfide) groups is 1. The van der Waals surface area contributed by atoms with Crippen molar-refractivity contribution >= 4 is 17.9 Å². The zero-order chi connectivity index (χ0) is 25.1. The van der Waals surface area contributed by atoms with Crippen LogP contribution in [0.25, 0.3) is 11.3 Å². The Morgan fingerprint density at radius 3 is 2.44 bits per heavy atom. The third kappa shape index (κ3) is 6.99. The molecular weight excluding hydrogens is 471 g/mol. The SMILES string of the molecule is CC(C)(C)OC(=O)NC(C)(C)c1noc(CSc2ncc(-c3ccccc3)n2CC(F)(F)F)n1. The summed E-state index contributed by atoms with van der Waals surface area (Å²) >= 11 is 1.05. The third-order valence-electron chi connectivity index (χ3n) is 4.39. The fourth-order valence-electron chi connectivity index (χ4n) is 2.95. The Hall–Kier alpha value is -3.02. The minimum atomic E-state index is -4.42. The van der Waals surface area contributed by atoms with Gasteiger partial charge in [0.05, 0.1) is 17.6 Å². The van der Waals surface area contributed by atoms with Crippen molar-refractivity contribution in [2.75, 3.05) is 0 Å². The van der Waals surface area contributed by atoms with Crippen LogP contribution in [0.3, 0.4) is 0 Å². The molecule has 1 aromatic carbocycles. The van der Waals surface area contributed by atoms with Crippen LogP contribution in [0, 0.1) is 0 Å². The van der Waals surface area contributed by atoms with E-state index in [2.05, 4.69) is 20.4 Å². The summed E-state index contributed by atoms with van der Waals surface area (Å²) in [7, 11) is 0. The van der Waals surface area contributed by atoms with Gasteiger partial charge in [-0.15, -0.1) is 0 Å². The number of hydrogen-bond acceptors (Lipinski definition) is 7. The first-order valence-corrected chi connectivity index (χ1v) is 11.4. The number of nitrogens with zero attached hydrogens (tertiary/aromatic N) is 4. The summed E-state index contributed by atoms with van der Waals surface area (Å²) in [5.74, 6) is 0.484. The normalized spacial score (nSPS) is 12.6. The van der Waals surface area contributed by atoms with Crippen LogP contribution in [0.2, 0.25) is 0 Å². The maximum Gasteiger partial charge on any atom is 0.408 e. The number of imidazole rings is 1. The largest absolute Gasteiger partial charge is 0.444 e. The standard InChI is InChI=1S/C22H26F3N5O3S/c1-20(2,3)32-19(31)28-21(4,5)17-27-16(33-29-17)12-34-18-26-11-15(14-9-7-6-8-10-14)30(18)13-22(23,24)25/h6-11H,12-13H2,1-5H3,(H,28,31). The molecule has 0 saturated carbocycles. The molecule has 184 valence electrons.